The Hall–Kier alpha value is -2.91. The van der Waals surface area contributed by atoms with Crippen LogP contribution < -0.4 is 0 Å². The molecular weight excluding hydrogens is 434 g/mol. The van der Waals surface area contributed by atoms with Crippen LogP contribution >= 0.6 is 11.3 Å². The topological polar surface area (TPSA) is 26.0 Å². The molecule has 2 nitrogen and oxygen atoms in total. The molecule has 3 heterocycles. The van der Waals surface area contributed by atoms with Gasteiger partial charge in [-0.15, -0.1) is 11.3 Å². The Morgan fingerprint density at radius 3 is 2.38 bits per heavy atom. The second kappa shape index (κ2) is 8.09. The van der Waals surface area contributed by atoms with Gasteiger partial charge in [-0.2, -0.15) is 0 Å². The summed E-state index contributed by atoms with van der Waals surface area (Å²) in [6.07, 6.45) is 2.87. The molecule has 0 bridgehead atoms. The quantitative estimate of drug-likeness (QED) is 0.264. The summed E-state index contributed by atoms with van der Waals surface area (Å²) in [5.41, 5.74) is 5.08. The molecule has 0 N–H and O–H groups in total. The molecule has 5 rings (SSSR count). The first-order valence-corrected chi connectivity index (χ1v) is 12.8. The Labute approximate surface area is 206 Å². The second-order valence-electron chi connectivity index (χ2n) is 11.6. The molecule has 0 aliphatic carbocycles. The number of fused-ring (bicyclic) bond motifs is 2. The van der Waals surface area contributed by atoms with Gasteiger partial charge in [-0.3, -0.25) is 4.98 Å². The monoisotopic (exact) mass is 467 g/mol. The maximum atomic E-state index is 6.31. The normalized spacial score (nSPS) is 12.7. The van der Waals surface area contributed by atoms with Gasteiger partial charge in [0.05, 0.1) is 15.3 Å². The van der Waals surface area contributed by atoms with Crippen LogP contribution in [0.5, 0.6) is 0 Å². The van der Waals surface area contributed by atoms with Crippen LogP contribution in [0.3, 0.4) is 0 Å². The number of nitrogens with zero attached hydrogens (tertiary/aromatic N) is 1. The number of rotatable bonds is 3. The molecule has 0 amide bonds. The standard InChI is InChI=1S/C31H33NOS/c1-19-23-14-15-32-27(21-16-20-10-8-9-11-24(20)25(17-21)31(5,6)7)29(23)34-28(19)26-13-12-22(33-26)18-30(2,3)4/h8-17H,18H2,1-7H3. The fourth-order valence-electron chi connectivity index (χ4n) is 4.77. The van der Waals surface area contributed by atoms with Crippen molar-refractivity contribution in [1.29, 1.82) is 0 Å². The van der Waals surface area contributed by atoms with Crippen LogP contribution in [-0.2, 0) is 11.8 Å². The highest BCUT2D eigenvalue weighted by Crippen LogP contribution is 2.44. The Kier molecular flexibility index (Phi) is 5.44. The third-order valence-corrected chi connectivity index (χ3v) is 7.72. The second-order valence-corrected chi connectivity index (χ2v) is 12.6. The summed E-state index contributed by atoms with van der Waals surface area (Å²) in [7, 11) is 0. The van der Waals surface area contributed by atoms with E-state index in [4.69, 9.17) is 9.40 Å². The first kappa shape index (κ1) is 22.9. The Balaban J connectivity index is 1.68. The minimum Gasteiger partial charge on any atom is -0.460 e. The van der Waals surface area contributed by atoms with E-state index in [-0.39, 0.29) is 10.8 Å². The molecule has 5 aromatic rings. The zero-order valence-corrected chi connectivity index (χ0v) is 22.1. The van der Waals surface area contributed by atoms with E-state index in [2.05, 4.69) is 103 Å². The molecule has 0 saturated carbocycles. The summed E-state index contributed by atoms with van der Waals surface area (Å²) in [4.78, 5) is 6.08. The molecular formula is C31H33NOS. The molecule has 0 radical (unpaired) electrons. The van der Waals surface area contributed by atoms with E-state index in [0.717, 1.165) is 23.6 Å². The van der Waals surface area contributed by atoms with Gasteiger partial charge in [0.2, 0.25) is 0 Å². The van der Waals surface area contributed by atoms with Gasteiger partial charge in [-0.05, 0) is 75.4 Å². The van der Waals surface area contributed by atoms with Gasteiger partial charge >= 0.3 is 0 Å². The molecule has 34 heavy (non-hydrogen) atoms. The molecule has 0 aliphatic rings. The summed E-state index contributed by atoms with van der Waals surface area (Å²) >= 11 is 1.79. The summed E-state index contributed by atoms with van der Waals surface area (Å²) in [6, 6.07) is 19.7. The van der Waals surface area contributed by atoms with E-state index < -0.39 is 0 Å². The van der Waals surface area contributed by atoms with Crippen LogP contribution in [0.2, 0.25) is 0 Å². The lowest BCUT2D eigenvalue weighted by molar-refractivity contribution is 0.366. The van der Waals surface area contributed by atoms with Crippen molar-refractivity contribution in [2.24, 2.45) is 5.41 Å². The zero-order valence-electron chi connectivity index (χ0n) is 21.2. The van der Waals surface area contributed by atoms with E-state index in [0.29, 0.717) is 0 Å². The largest absolute Gasteiger partial charge is 0.460 e. The maximum absolute atomic E-state index is 6.31. The smallest absolute Gasteiger partial charge is 0.144 e. The molecule has 0 aliphatic heterocycles. The summed E-state index contributed by atoms with van der Waals surface area (Å²) in [5.74, 6) is 2.00. The highest BCUT2D eigenvalue weighted by Gasteiger charge is 2.22. The number of hydrogen-bond acceptors (Lipinski definition) is 3. The van der Waals surface area contributed by atoms with Gasteiger partial charge in [0.25, 0.3) is 0 Å². The fourth-order valence-corrected chi connectivity index (χ4v) is 6.05. The van der Waals surface area contributed by atoms with Crippen LogP contribution in [0.25, 0.3) is 42.8 Å². The summed E-state index contributed by atoms with van der Waals surface area (Å²) in [5, 5.41) is 3.83. The van der Waals surface area contributed by atoms with E-state index in [9.17, 15) is 0 Å². The third kappa shape index (κ3) is 4.18. The SMILES string of the molecule is Cc1c(-c2ccc(CC(C)(C)C)o2)sc2c(-c3cc(C(C)(C)C)c4ccccc4c3)nccc12. The number of pyridine rings is 1. The first-order valence-electron chi connectivity index (χ1n) is 12.0. The number of aryl methyl sites for hydroxylation is 1. The van der Waals surface area contributed by atoms with Gasteiger partial charge < -0.3 is 4.42 Å². The molecule has 2 aromatic carbocycles. The molecule has 174 valence electrons. The van der Waals surface area contributed by atoms with Crippen molar-refractivity contribution >= 4 is 32.2 Å². The van der Waals surface area contributed by atoms with Crippen LogP contribution in [-0.4, -0.2) is 4.98 Å². The number of hydrogen-bond donors (Lipinski definition) is 0. The van der Waals surface area contributed by atoms with Crippen LogP contribution in [0.1, 0.15) is 58.4 Å². The Morgan fingerprint density at radius 1 is 0.882 bits per heavy atom. The van der Waals surface area contributed by atoms with E-state index in [1.165, 1.54) is 42.4 Å². The average molecular weight is 468 g/mol. The number of benzene rings is 2. The average Bonchev–Trinajstić information content (AvgIpc) is 3.35. The highest BCUT2D eigenvalue weighted by atomic mass is 32.1. The third-order valence-electron chi connectivity index (χ3n) is 6.39. The van der Waals surface area contributed by atoms with E-state index >= 15 is 0 Å². The zero-order chi connectivity index (χ0) is 24.3. The molecule has 0 fully saturated rings. The fraction of sp³-hybridized carbons (Fsp3) is 0.323. The predicted octanol–water partition coefficient (Wildman–Crippen LogP) is 9.57. The van der Waals surface area contributed by atoms with Crippen molar-refractivity contribution in [3.63, 3.8) is 0 Å². The first-order chi connectivity index (χ1) is 16.0. The van der Waals surface area contributed by atoms with Gasteiger partial charge in [-0.25, -0.2) is 0 Å². The maximum Gasteiger partial charge on any atom is 0.144 e. The van der Waals surface area contributed by atoms with Gasteiger partial charge in [0.1, 0.15) is 11.5 Å². The molecule has 0 atom stereocenters. The lowest BCUT2D eigenvalue weighted by atomic mass is 9.82. The lowest BCUT2D eigenvalue weighted by Gasteiger charge is -2.22. The van der Waals surface area contributed by atoms with Crippen molar-refractivity contribution in [1.82, 2.24) is 4.98 Å². The summed E-state index contributed by atoms with van der Waals surface area (Å²) in [6.45, 7) is 15.8. The van der Waals surface area contributed by atoms with Gasteiger partial charge in [-0.1, -0.05) is 65.8 Å². The lowest BCUT2D eigenvalue weighted by Crippen LogP contribution is -2.12. The Bertz CT molecular complexity index is 1500. The van der Waals surface area contributed by atoms with Crippen molar-refractivity contribution in [2.45, 2.75) is 60.3 Å². The number of furan rings is 1. The molecule has 3 heteroatoms. The molecule has 0 spiro atoms. The molecule has 0 saturated heterocycles. The molecule has 3 aromatic heterocycles. The van der Waals surface area contributed by atoms with Crippen molar-refractivity contribution in [3.8, 4) is 21.9 Å². The van der Waals surface area contributed by atoms with Crippen molar-refractivity contribution < 1.29 is 4.42 Å². The van der Waals surface area contributed by atoms with Gasteiger partial charge in [0.15, 0.2) is 0 Å². The predicted molar refractivity (Wildman–Crippen MR) is 147 cm³/mol. The van der Waals surface area contributed by atoms with Crippen LogP contribution in [0.15, 0.2) is 65.2 Å². The van der Waals surface area contributed by atoms with Crippen LogP contribution in [0.4, 0.5) is 0 Å². The van der Waals surface area contributed by atoms with E-state index in [1.807, 2.05) is 6.20 Å². The minimum atomic E-state index is 0.0393. The minimum absolute atomic E-state index is 0.0393. The highest BCUT2D eigenvalue weighted by molar-refractivity contribution is 7.23. The van der Waals surface area contributed by atoms with E-state index in [1.54, 1.807) is 11.3 Å². The van der Waals surface area contributed by atoms with Crippen molar-refractivity contribution in [3.05, 3.63) is 77.7 Å². The Morgan fingerprint density at radius 2 is 1.65 bits per heavy atom. The van der Waals surface area contributed by atoms with Gasteiger partial charge in [0, 0.05) is 18.2 Å². The number of aromatic nitrogens is 1. The van der Waals surface area contributed by atoms with Crippen LogP contribution in [0, 0.1) is 12.3 Å². The summed E-state index contributed by atoms with van der Waals surface area (Å²) < 4.78 is 7.53. The van der Waals surface area contributed by atoms with Crippen molar-refractivity contribution in [2.75, 3.05) is 0 Å². The number of thiophene rings is 1. The molecule has 0 unspecified atom stereocenters.